The van der Waals surface area contributed by atoms with Gasteiger partial charge in [0, 0.05) is 11.4 Å². The molecular weight excluding hydrogens is 440 g/mol. The first kappa shape index (κ1) is 23.9. The predicted octanol–water partition coefficient (Wildman–Crippen LogP) is 3.79. The standard InChI is InChI=1S/C22H27F2N3O4S/c1-4-30-16-10-13(8-9-15(16)31-22(23)24)11-27(3)12(2)20(29)26-21-18(19(25)28)14-6-5-7-17(14)32-21/h8-10,12,22H,4-7,11H2,1-3H3,(H2,25,28)(H,26,29). The summed E-state index contributed by atoms with van der Waals surface area (Å²) in [6, 6.07) is 4.17. The van der Waals surface area contributed by atoms with Gasteiger partial charge in [0.1, 0.15) is 5.00 Å². The fourth-order valence-electron chi connectivity index (χ4n) is 3.71. The van der Waals surface area contributed by atoms with Gasteiger partial charge in [0.15, 0.2) is 11.5 Å². The molecule has 32 heavy (non-hydrogen) atoms. The van der Waals surface area contributed by atoms with Gasteiger partial charge >= 0.3 is 6.61 Å². The van der Waals surface area contributed by atoms with Crippen LogP contribution < -0.4 is 20.5 Å². The lowest BCUT2D eigenvalue weighted by atomic mass is 10.1. The van der Waals surface area contributed by atoms with Crippen LogP contribution in [-0.4, -0.2) is 43.0 Å². The van der Waals surface area contributed by atoms with Gasteiger partial charge in [0.25, 0.3) is 5.91 Å². The summed E-state index contributed by atoms with van der Waals surface area (Å²) in [7, 11) is 1.78. The molecule has 10 heteroatoms. The lowest BCUT2D eigenvalue weighted by molar-refractivity contribution is -0.120. The lowest BCUT2D eigenvalue weighted by Crippen LogP contribution is -2.39. The molecule has 0 saturated heterocycles. The highest BCUT2D eigenvalue weighted by Gasteiger charge is 2.28. The molecule has 7 nitrogen and oxygen atoms in total. The number of primary amides is 1. The number of nitrogens with one attached hydrogen (secondary N) is 1. The molecule has 1 aliphatic carbocycles. The maximum absolute atomic E-state index is 12.9. The van der Waals surface area contributed by atoms with E-state index in [1.165, 1.54) is 17.4 Å². The number of ether oxygens (including phenoxy) is 2. The van der Waals surface area contributed by atoms with E-state index < -0.39 is 18.6 Å². The van der Waals surface area contributed by atoms with Crippen molar-refractivity contribution < 1.29 is 27.8 Å². The van der Waals surface area contributed by atoms with Crippen molar-refractivity contribution in [2.45, 2.75) is 52.3 Å². The second-order valence-corrected chi connectivity index (χ2v) is 8.70. The fraction of sp³-hybridized carbons (Fsp3) is 0.455. The highest BCUT2D eigenvalue weighted by Crippen LogP contribution is 2.39. The van der Waals surface area contributed by atoms with Crippen molar-refractivity contribution in [3.05, 3.63) is 39.8 Å². The van der Waals surface area contributed by atoms with Crippen LogP contribution in [-0.2, 0) is 24.2 Å². The SMILES string of the molecule is CCOc1cc(CN(C)C(C)C(=O)Nc2sc3c(c2C(N)=O)CCC3)ccc1OC(F)F. The van der Waals surface area contributed by atoms with Gasteiger partial charge < -0.3 is 20.5 Å². The van der Waals surface area contributed by atoms with E-state index in [4.69, 9.17) is 10.5 Å². The van der Waals surface area contributed by atoms with Crippen molar-refractivity contribution >= 4 is 28.2 Å². The zero-order valence-electron chi connectivity index (χ0n) is 18.2. The summed E-state index contributed by atoms with van der Waals surface area (Å²) in [5.41, 5.74) is 7.70. The molecule has 0 fully saturated rings. The number of carbonyl (C=O) groups excluding carboxylic acids is 2. The molecule has 1 heterocycles. The number of carbonyl (C=O) groups is 2. The molecule has 1 atom stereocenters. The minimum atomic E-state index is -2.95. The van der Waals surface area contributed by atoms with E-state index in [9.17, 15) is 18.4 Å². The Bertz CT molecular complexity index is 996. The molecule has 0 radical (unpaired) electrons. The maximum atomic E-state index is 12.9. The van der Waals surface area contributed by atoms with E-state index >= 15 is 0 Å². The van der Waals surface area contributed by atoms with Gasteiger partial charge in [-0.15, -0.1) is 11.3 Å². The molecule has 1 aliphatic rings. The van der Waals surface area contributed by atoms with Crippen molar-refractivity contribution in [3.63, 3.8) is 0 Å². The fourth-order valence-corrected chi connectivity index (χ4v) is 5.00. The number of aryl methyl sites for hydroxylation is 1. The van der Waals surface area contributed by atoms with Gasteiger partial charge in [-0.05, 0) is 63.4 Å². The molecule has 2 amide bonds. The van der Waals surface area contributed by atoms with Crippen LogP contribution in [0.2, 0.25) is 0 Å². The second kappa shape index (κ2) is 10.3. The van der Waals surface area contributed by atoms with Crippen molar-refractivity contribution in [2.75, 3.05) is 19.0 Å². The van der Waals surface area contributed by atoms with Crippen LogP contribution in [0.1, 0.15) is 46.6 Å². The first-order valence-electron chi connectivity index (χ1n) is 10.4. The van der Waals surface area contributed by atoms with E-state index in [2.05, 4.69) is 10.1 Å². The zero-order chi connectivity index (χ0) is 23.4. The molecule has 0 aliphatic heterocycles. The number of likely N-dealkylation sites (N-methyl/N-ethyl adjacent to an activating group) is 1. The Balaban J connectivity index is 1.69. The van der Waals surface area contributed by atoms with E-state index in [1.54, 1.807) is 37.9 Å². The summed E-state index contributed by atoms with van der Waals surface area (Å²) in [5, 5.41) is 3.36. The summed E-state index contributed by atoms with van der Waals surface area (Å²) in [6.07, 6.45) is 2.67. The molecule has 174 valence electrons. The zero-order valence-corrected chi connectivity index (χ0v) is 19.1. The first-order chi connectivity index (χ1) is 15.2. The molecule has 1 aromatic heterocycles. The van der Waals surface area contributed by atoms with Crippen molar-refractivity contribution in [1.29, 1.82) is 0 Å². The first-order valence-corrected chi connectivity index (χ1v) is 11.2. The number of halogens is 2. The van der Waals surface area contributed by atoms with Crippen LogP contribution in [0.25, 0.3) is 0 Å². The number of anilines is 1. The van der Waals surface area contributed by atoms with Crippen LogP contribution in [0.3, 0.4) is 0 Å². The van der Waals surface area contributed by atoms with Gasteiger partial charge in [0.2, 0.25) is 5.91 Å². The average molecular weight is 468 g/mol. The highest BCUT2D eigenvalue weighted by molar-refractivity contribution is 7.17. The molecule has 0 bridgehead atoms. The Hall–Kier alpha value is -2.72. The Labute approximate surface area is 189 Å². The number of hydrogen-bond donors (Lipinski definition) is 2. The van der Waals surface area contributed by atoms with E-state index in [0.29, 0.717) is 23.7 Å². The maximum Gasteiger partial charge on any atom is 0.387 e. The number of benzene rings is 1. The number of amides is 2. The summed E-state index contributed by atoms with van der Waals surface area (Å²) in [5.74, 6) is -0.619. The number of rotatable bonds is 10. The molecule has 1 unspecified atom stereocenters. The van der Waals surface area contributed by atoms with Gasteiger partial charge in [-0.2, -0.15) is 8.78 Å². The monoisotopic (exact) mass is 467 g/mol. The van der Waals surface area contributed by atoms with E-state index in [0.717, 1.165) is 35.3 Å². The predicted molar refractivity (Wildman–Crippen MR) is 119 cm³/mol. The van der Waals surface area contributed by atoms with Crippen LogP contribution in [0.15, 0.2) is 18.2 Å². The normalized spacial score (nSPS) is 13.8. The average Bonchev–Trinajstić information content (AvgIpc) is 3.29. The van der Waals surface area contributed by atoms with E-state index in [1.807, 2.05) is 0 Å². The summed E-state index contributed by atoms with van der Waals surface area (Å²) >= 11 is 1.41. The minimum Gasteiger partial charge on any atom is -0.490 e. The number of alkyl halides is 2. The minimum absolute atomic E-state index is 0.0382. The number of nitrogens with two attached hydrogens (primary N) is 1. The highest BCUT2D eigenvalue weighted by atomic mass is 32.1. The second-order valence-electron chi connectivity index (χ2n) is 7.60. The molecule has 3 rings (SSSR count). The molecule has 1 aromatic carbocycles. The molecule has 0 spiro atoms. The van der Waals surface area contributed by atoms with Gasteiger partial charge in [0.05, 0.1) is 18.2 Å². The Morgan fingerprint density at radius 2 is 2.03 bits per heavy atom. The van der Waals surface area contributed by atoms with Crippen LogP contribution in [0.4, 0.5) is 13.8 Å². The third-order valence-electron chi connectivity index (χ3n) is 5.40. The summed E-state index contributed by atoms with van der Waals surface area (Å²) < 4.78 is 35.1. The quantitative estimate of drug-likeness (QED) is 0.555. The number of fused-ring (bicyclic) bond motifs is 1. The van der Waals surface area contributed by atoms with Crippen molar-refractivity contribution in [2.24, 2.45) is 5.73 Å². The Morgan fingerprint density at radius 3 is 2.69 bits per heavy atom. The summed E-state index contributed by atoms with van der Waals surface area (Å²) in [4.78, 5) is 27.7. The van der Waals surface area contributed by atoms with Crippen molar-refractivity contribution in [1.82, 2.24) is 4.90 Å². The lowest BCUT2D eigenvalue weighted by Gasteiger charge is -2.24. The number of thiophene rings is 1. The number of hydrogen-bond acceptors (Lipinski definition) is 6. The van der Waals surface area contributed by atoms with Gasteiger partial charge in [-0.25, -0.2) is 0 Å². The molecular formula is C22H27F2N3O4S. The van der Waals surface area contributed by atoms with Gasteiger partial charge in [-0.3, -0.25) is 14.5 Å². The Kier molecular flexibility index (Phi) is 7.68. The smallest absolute Gasteiger partial charge is 0.387 e. The van der Waals surface area contributed by atoms with Crippen LogP contribution >= 0.6 is 11.3 Å². The summed E-state index contributed by atoms with van der Waals surface area (Å²) in [6.45, 7) is 1.21. The topological polar surface area (TPSA) is 93.9 Å². The van der Waals surface area contributed by atoms with E-state index in [-0.39, 0.29) is 17.4 Å². The largest absolute Gasteiger partial charge is 0.490 e. The third-order valence-corrected chi connectivity index (χ3v) is 6.61. The third kappa shape index (κ3) is 5.36. The van der Waals surface area contributed by atoms with Crippen LogP contribution in [0.5, 0.6) is 11.5 Å². The number of nitrogens with zero attached hydrogens (tertiary/aromatic N) is 1. The van der Waals surface area contributed by atoms with Crippen molar-refractivity contribution in [3.8, 4) is 11.5 Å². The Morgan fingerprint density at radius 1 is 1.28 bits per heavy atom. The molecule has 2 aromatic rings. The van der Waals surface area contributed by atoms with Crippen LogP contribution in [0, 0.1) is 0 Å². The molecule has 0 saturated carbocycles. The molecule has 3 N–H and O–H groups in total. The van der Waals surface area contributed by atoms with Gasteiger partial charge in [-0.1, -0.05) is 6.07 Å².